The Balaban J connectivity index is 2.40. The predicted octanol–water partition coefficient (Wildman–Crippen LogP) is 2.58. The molecule has 0 aliphatic heterocycles. The molecule has 2 aromatic rings. The molecule has 0 N–H and O–H groups in total. The van der Waals surface area contributed by atoms with E-state index in [1.807, 2.05) is 30.1 Å². The van der Waals surface area contributed by atoms with Crippen LogP contribution in [0, 0.1) is 11.3 Å². The van der Waals surface area contributed by atoms with Gasteiger partial charge in [-0.3, -0.25) is 0 Å². The van der Waals surface area contributed by atoms with Crippen LogP contribution in [0.5, 0.6) is 0 Å². The molecule has 80 valence electrons. The topological polar surface area (TPSA) is 39.9 Å². The summed E-state index contributed by atoms with van der Waals surface area (Å²) in [6, 6.07) is 12.3. The lowest BCUT2D eigenvalue weighted by Crippen LogP contribution is -2.19. The molecule has 0 unspecified atom stereocenters. The second kappa shape index (κ2) is 4.63. The number of benzene rings is 1. The van der Waals surface area contributed by atoms with Crippen LogP contribution in [-0.4, -0.2) is 18.6 Å². The van der Waals surface area contributed by atoms with Gasteiger partial charge in [0.1, 0.15) is 5.82 Å². The maximum Gasteiger partial charge on any atom is 0.136 e. The van der Waals surface area contributed by atoms with Crippen LogP contribution in [0.25, 0.3) is 10.8 Å². The van der Waals surface area contributed by atoms with Crippen molar-refractivity contribution in [1.82, 2.24) is 4.98 Å². The summed E-state index contributed by atoms with van der Waals surface area (Å²) in [5, 5.41) is 10.9. The maximum absolute atomic E-state index is 8.58. The number of hydrogen-bond donors (Lipinski definition) is 0. The first kappa shape index (κ1) is 10.4. The van der Waals surface area contributed by atoms with Crippen LogP contribution < -0.4 is 4.90 Å². The van der Waals surface area contributed by atoms with Crippen molar-refractivity contribution in [3.8, 4) is 6.07 Å². The second-order valence-corrected chi connectivity index (χ2v) is 3.69. The number of aromatic nitrogens is 1. The van der Waals surface area contributed by atoms with Gasteiger partial charge in [0.2, 0.25) is 0 Å². The minimum absolute atomic E-state index is 0.515. The summed E-state index contributed by atoms with van der Waals surface area (Å²) in [7, 11) is 1.96. The number of anilines is 1. The van der Waals surface area contributed by atoms with Crippen molar-refractivity contribution in [3.05, 3.63) is 36.5 Å². The van der Waals surface area contributed by atoms with E-state index in [0.717, 1.165) is 11.2 Å². The largest absolute Gasteiger partial charge is 0.358 e. The van der Waals surface area contributed by atoms with Crippen molar-refractivity contribution < 1.29 is 0 Å². The number of pyridine rings is 1. The lowest BCUT2D eigenvalue weighted by atomic mass is 10.1. The molecular formula is C13H13N3. The van der Waals surface area contributed by atoms with E-state index in [0.29, 0.717) is 13.0 Å². The summed E-state index contributed by atoms with van der Waals surface area (Å²) in [6.45, 7) is 0.706. The van der Waals surface area contributed by atoms with Crippen molar-refractivity contribution >= 4 is 16.6 Å². The van der Waals surface area contributed by atoms with Crippen LogP contribution in [0.3, 0.4) is 0 Å². The average molecular weight is 211 g/mol. The fraction of sp³-hybridized carbons (Fsp3) is 0.231. The van der Waals surface area contributed by atoms with E-state index in [-0.39, 0.29) is 0 Å². The van der Waals surface area contributed by atoms with E-state index in [1.165, 1.54) is 5.39 Å². The zero-order valence-corrected chi connectivity index (χ0v) is 9.22. The second-order valence-electron chi connectivity index (χ2n) is 3.69. The van der Waals surface area contributed by atoms with Gasteiger partial charge in [0.05, 0.1) is 12.5 Å². The van der Waals surface area contributed by atoms with E-state index in [2.05, 4.69) is 23.2 Å². The first-order valence-electron chi connectivity index (χ1n) is 5.25. The summed E-state index contributed by atoms with van der Waals surface area (Å²) >= 11 is 0. The van der Waals surface area contributed by atoms with E-state index < -0.39 is 0 Å². The van der Waals surface area contributed by atoms with Crippen LogP contribution in [-0.2, 0) is 0 Å². The van der Waals surface area contributed by atoms with E-state index in [9.17, 15) is 0 Å². The smallest absolute Gasteiger partial charge is 0.136 e. The molecule has 3 nitrogen and oxygen atoms in total. The molecule has 0 bridgehead atoms. The van der Waals surface area contributed by atoms with E-state index in [1.54, 1.807) is 6.20 Å². The fourth-order valence-corrected chi connectivity index (χ4v) is 1.73. The van der Waals surface area contributed by atoms with Gasteiger partial charge in [-0.2, -0.15) is 5.26 Å². The third-order valence-corrected chi connectivity index (χ3v) is 2.57. The first-order chi connectivity index (χ1) is 7.83. The van der Waals surface area contributed by atoms with Crippen LogP contribution in [0.15, 0.2) is 36.5 Å². The van der Waals surface area contributed by atoms with Gasteiger partial charge < -0.3 is 4.90 Å². The van der Waals surface area contributed by atoms with E-state index in [4.69, 9.17) is 5.26 Å². The number of nitrogens with zero attached hydrogens (tertiary/aromatic N) is 3. The van der Waals surface area contributed by atoms with Gasteiger partial charge in [-0.05, 0) is 11.5 Å². The SMILES string of the molecule is CN(CCC#N)c1nccc2ccccc12. The fourth-order valence-electron chi connectivity index (χ4n) is 1.73. The average Bonchev–Trinajstić information content (AvgIpc) is 2.35. The van der Waals surface area contributed by atoms with Crippen LogP contribution in [0.4, 0.5) is 5.82 Å². The molecule has 2 rings (SSSR count). The summed E-state index contributed by atoms with van der Waals surface area (Å²) in [4.78, 5) is 6.40. The van der Waals surface area contributed by atoms with Gasteiger partial charge in [-0.15, -0.1) is 0 Å². The maximum atomic E-state index is 8.58. The molecule has 1 aromatic heterocycles. The summed E-state index contributed by atoms with van der Waals surface area (Å²) in [5.74, 6) is 0.938. The Morgan fingerprint density at radius 3 is 2.94 bits per heavy atom. The Hall–Kier alpha value is -2.08. The van der Waals surface area contributed by atoms with Crippen molar-refractivity contribution in [3.63, 3.8) is 0 Å². The van der Waals surface area contributed by atoms with E-state index >= 15 is 0 Å². The van der Waals surface area contributed by atoms with Crippen molar-refractivity contribution in [2.45, 2.75) is 6.42 Å². The highest BCUT2D eigenvalue weighted by molar-refractivity contribution is 5.91. The van der Waals surface area contributed by atoms with Gasteiger partial charge in [-0.25, -0.2) is 4.98 Å². The Morgan fingerprint density at radius 2 is 2.12 bits per heavy atom. The highest BCUT2D eigenvalue weighted by atomic mass is 15.2. The molecule has 0 atom stereocenters. The van der Waals surface area contributed by atoms with Gasteiger partial charge in [0.25, 0.3) is 0 Å². The summed E-state index contributed by atoms with van der Waals surface area (Å²) < 4.78 is 0. The molecule has 0 saturated heterocycles. The van der Waals surface area contributed by atoms with Crippen LogP contribution >= 0.6 is 0 Å². The number of nitriles is 1. The van der Waals surface area contributed by atoms with Crippen molar-refractivity contribution in [1.29, 1.82) is 5.26 Å². The number of rotatable bonds is 3. The van der Waals surface area contributed by atoms with Crippen molar-refractivity contribution in [2.24, 2.45) is 0 Å². The molecule has 0 aliphatic rings. The highest BCUT2D eigenvalue weighted by Gasteiger charge is 2.06. The number of fused-ring (bicyclic) bond motifs is 1. The summed E-state index contributed by atoms with van der Waals surface area (Å²) in [5.41, 5.74) is 0. The monoisotopic (exact) mass is 211 g/mol. The normalized spacial score (nSPS) is 10.0. The Kier molecular flexibility index (Phi) is 3.02. The Labute approximate surface area is 94.9 Å². The molecule has 3 heteroatoms. The first-order valence-corrected chi connectivity index (χ1v) is 5.25. The standard InChI is InChI=1S/C13H13N3/c1-16(10-4-8-14)13-12-6-3-2-5-11(12)7-9-15-13/h2-3,5-7,9H,4,10H2,1H3. The molecule has 1 heterocycles. The molecular weight excluding hydrogens is 198 g/mol. The molecule has 0 radical (unpaired) electrons. The third-order valence-electron chi connectivity index (χ3n) is 2.57. The minimum atomic E-state index is 0.515. The lowest BCUT2D eigenvalue weighted by molar-refractivity contribution is 0.890. The van der Waals surface area contributed by atoms with Crippen LogP contribution in [0.1, 0.15) is 6.42 Å². The lowest BCUT2D eigenvalue weighted by Gasteiger charge is -2.18. The molecule has 0 saturated carbocycles. The van der Waals surface area contributed by atoms with Gasteiger partial charge >= 0.3 is 0 Å². The molecule has 0 spiro atoms. The van der Waals surface area contributed by atoms with Gasteiger partial charge in [0.15, 0.2) is 0 Å². The number of hydrogen-bond acceptors (Lipinski definition) is 3. The summed E-state index contributed by atoms with van der Waals surface area (Å²) in [6.07, 6.45) is 2.32. The van der Waals surface area contributed by atoms with Gasteiger partial charge in [0, 0.05) is 25.2 Å². The third kappa shape index (κ3) is 1.96. The van der Waals surface area contributed by atoms with Crippen molar-refractivity contribution in [2.75, 3.05) is 18.5 Å². The zero-order valence-electron chi connectivity index (χ0n) is 9.22. The highest BCUT2D eigenvalue weighted by Crippen LogP contribution is 2.22. The van der Waals surface area contributed by atoms with Gasteiger partial charge in [-0.1, -0.05) is 24.3 Å². The Morgan fingerprint density at radius 1 is 1.31 bits per heavy atom. The molecule has 16 heavy (non-hydrogen) atoms. The molecule has 0 amide bonds. The predicted molar refractivity (Wildman–Crippen MR) is 65.2 cm³/mol. The molecule has 1 aromatic carbocycles. The minimum Gasteiger partial charge on any atom is -0.358 e. The quantitative estimate of drug-likeness (QED) is 0.783. The zero-order chi connectivity index (χ0) is 11.4. The molecule has 0 fully saturated rings. The van der Waals surface area contributed by atoms with Crippen LogP contribution in [0.2, 0.25) is 0 Å². The Bertz CT molecular complexity index is 523. The molecule has 0 aliphatic carbocycles.